The predicted octanol–water partition coefficient (Wildman–Crippen LogP) is 5.56. The molecule has 0 atom stereocenters. The molecule has 2 amide bonds. The maximum absolute atomic E-state index is 13.2. The van der Waals surface area contributed by atoms with Crippen LogP contribution in [0.4, 0.5) is 10.5 Å². The van der Waals surface area contributed by atoms with Crippen LogP contribution in [0.1, 0.15) is 37.0 Å². The molecule has 0 radical (unpaired) electrons. The van der Waals surface area contributed by atoms with Crippen molar-refractivity contribution in [3.63, 3.8) is 0 Å². The maximum atomic E-state index is 13.2. The minimum Gasteiger partial charge on any atom is -0.322 e. The molecule has 0 unspecified atom stereocenters. The van der Waals surface area contributed by atoms with Crippen LogP contribution in [0, 0.1) is 13.8 Å². The second-order valence-corrected chi connectivity index (χ2v) is 8.77. The van der Waals surface area contributed by atoms with Crippen LogP contribution in [-0.2, 0) is 6.54 Å². The first-order valence-electron chi connectivity index (χ1n) is 11.5. The van der Waals surface area contributed by atoms with Crippen LogP contribution >= 0.6 is 11.6 Å². The quantitative estimate of drug-likeness (QED) is 0.431. The van der Waals surface area contributed by atoms with Gasteiger partial charge in [0.2, 0.25) is 0 Å². The molecule has 3 aromatic rings. The van der Waals surface area contributed by atoms with E-state index in [2.05, 4.69) is 42.0 Å². The van der Waals surface area contributed by atoms with E-state index < -0.39 is 0 Å². The van der Waals surface area contributed by atoms with Gasteiger partial charge in [-0.15, -0.1) is 0 Å². The summed E-state index contributed by atoms with van der Waals surface area (Å²) in [5.74, 6) is 0. The Morgan fingerprint density at radius 2 is 1.73 bits per heavy atom. The average molecular weight is 469 g/mol. The van der Waals surface area contributed by atoms with Crippen LogP contribution in [-0.4, -0.2) is 47.0 Å². The number of urea groups is 1. The van der Waals surface area contributed by atoms with E-state index in [0.29, 0.717) is 22.8 Å². The first-order valence-corrected chi connectivity index (χ1v) is 11.9. The largest absolute Gasteiger partial charge is 0.322 e. The summed E-state index contributed by atoms with van der Waals surface area (Å²) in [5, 5.41) is 4.33. The predicted molar refractivity (Wildman–Crippen MR) is 137 cm³/mol. The van der Waals surface area contributed by atoms with Gasteiger partial charge in [-0.2, -0.15) is 0 Å². The monoisotopic (exact) mass is 468 g/mol. The zero-order valence-electron chi connectivity index (χ0n) is 19.9. The Morgan fingerprint density at radius 3 is 2.42 bits per heavy atom. The number of hydrogen-bond donors (Lipinski definition) is 2. The Balaban J connectivity index is 1.85. The first kappa shape index (κ1) is 24.8. The highest BCUT2D eigenvalue weighted by molar-refractivity contribution is 6.33. The molecule has 0 bridgehead atoms. The number of para-hydroxylation sites is 1. The number of halogens is 1. The van der Waals surface area contributed by atoms with Crippen molar-refractivity contribution in [1.82, 2.24) is 14.8 Å². The van der Waals surface area contributed by atoms with E-state index in [1.807, 2.05) is 31.2 Å². The van der Waals surface area contributed by atoms with Crippen molar-refractivity contribution in [2.75, 3.05) is 31.5 Å². The molecule has 33 heavy (non-hydrogen) atoms. The number of nitrogens with one attached hydrogen (secondary N) is 2. The molecule has 0 saturated carbocycles. The molecule has 0 fully saturated rings. The fourth-order valence-corrected chi connectivity index (χ4v) is 4.06. The zero-order valence-corrected chi connectivity index (χ0v) is 20.6. The average Bonchev–Trinajstić information content (AvgIpc) is 2.79. The van der Waals surface area contributed by atoms with Gasteiger partial charge in [0, 0.05) is 17.6 Å². The number of carbonyl (C=O) groups is 1. The molecular weight excluding hydrogens is 436 g/mol. The zero-order chi connectivity index (χ0) is 24.0. The van der Waals surface area contributed by atoms with Gasteiger partial charge in [0.25, 0.3) is 5.56 Å². The first-order chi connectivity index (χ1) is 15.8. The standard InChI is InChI=1S/C26H33ClN4O2/c1-5-30(6-2)12-9-13-31(26(33)29-23-11-8-7-10-22(23)27)17-21-16-20-14-18(3)19(4)15-24(20)28-25(21)32/h7-8,10-11,14-16H,5-6,9,12-13,17H2,1-4H3,(H,28,32)(H,29,33). The number of aromatic nitrogens is 1. The number of pyridine rings is 1. The summed E-state index contributed by atoms with van der Waals surface area (Å²) in [6.07, 6.45) is 0.807. The highest BCUT2D eigenvalue weighted by Gasteiger charge is 2.18. The van der Waals surface area contributed by atoms with Gasteiger partial charge in [-0.05, 0) is 86.7 Å². The molecule has 2 N–H and O–H groups in total. The van der Waals surface area contributed by atoms with E-state index in [4.69, 9.17) is 11.6 Å². The van der Waals surface area contributed by atoms with Crippen molar-refractivity contribution >= 4 is 34.2 Å². The summed E-state index contributed by atoms with van der Waals surface area (Å²) in [7, 11) is 0. The number of fused-ring (bicyclic) bond motifs is 1. The van der Waals surface area contributed by atoms with Crippen LogP contribution in [0.2, 0.25) is 5.02 Å². The molecule has 7 heteroatoms. The van der Waals surface area contributed by atoms with Gasteiger partial charge in [0.05, 0.1) is 17.3 Å². The summed E-state index contributed by atoms with van der Waals surface area (Å²) in [6, 6.07) is 12.8. The van der Waals surface area contributed by atoms with E-state index >= 15 is 0 Å². The van der Waals surface area contributed by atoms with Gasteiger partial charge in [-0.3, -0.25) is 4.79 Å². The van der Waals surface area contributed by atoms with Gasteiger partial charge >= 0.3 is 6.03 Å². The summed E-state index contributed by atoms with van der Waals surface area (Å²) < 4.78 is 0. The van der Waals surface area contributed by atoms with Gasteiger partial charge in [-0.1, -0.05) is 37.6 Å². The lowest BCUT2D eigenvalue weighted by Gasteiger charge is -2.25. The number of nitrogens with zero attached hydrogens (tertiary/aromatic N) is 2. The lowest BCUT2D eigenvalue weighted by Crippen LogP contribution is -2.38. The van der Waals surface area contributed by atoms with Crippen LogP contribution in [0.25, 0.3) is 10.9 Å². The van der Waals surface area contributed by atoms with Crippen molar-refractivity contribution in [1.29, 1.82) is 0 Å². The molecule has 1 heterocycles. The Kier molecular flexibility index (Phi) is 8.53. The van der Waals surface area contributed by atoms with Gasteiger partial charge in [-0.25, -0.2) is 4.79 Å². The van der Waals surface area contributed by atoms with Crippen molar-refractivity contribution < 1.29 is 4.79 Å². The third kappa shape index (κ3) is 6.36. The smallest absolute Gasteiger partial charge is 0.322 e. The number of hydrogen-bond acceptors (Lipinski definition) is 3. The normalized spacial score (nSPS) is 11.2. The molecule has 0 aliphatic carbocycles. The second kappa shape index (κ2) is 11.3. The number of rotatable bonds is 9. The number of anilines is 1. The highest BCUT2D eigenvalue weighted by Crippen LogP contribution is 2.22. The fraction of sp³-hybridized carbons (Fsp3) is 0.385. The minimum atomic E-state index is -0.276. The fourth-order valence-electron chi connectivity index (χ4n) is 3.88. The van der Waals surface area contributed by atoms with E-state index in [1.54, 1.807) is 17.0 Å². The third-order valence-electron chi connectivity index (χ3n) is 6.10. The molecule has 176 valence electrons. The van der Waals surface area contributed by atoms with Gasteiger partial charge in [0.1, 0.15) is 0 Å². The van der Waals surface area contributed by atoms with E-state index in [-0.39, 0.29) is 18.1 Å². The maximum Gasteiger partial charge on any atom is 0.322 e. The summed E-state index contributed by atoms with van der Waals surface area (Å²) >= 11 is 6.24. The Labute approximate surface area is 200 Å². The van der Waals surface area contributed by atoms with Crippen LogP contribution < -0.4 is 10.9 Å². The lowest BCUT2D eigenvalue weighted by atomic mass is 10.0. The third-order valence-corrected chi connectivity index (χ3v) is 6.43. The summed E-state index contributed by atoms with van der Waals surface area (Å²) in [4.78, 5) is 33.0. The van der Waals surface area contributed by atoms with E-state index in [9.17, 15) is 9.59 Å². The number of benzene rings is 2. The number of H-pyrrole nitrogens is 1. The topological polar surface area (TPSA) is 68.4 Å². The summed E-state index contributed by atoms with van der Waals surface area (Å²) in [5.41, 5.74) is 4.03. The molecule has 2 aromatic carbocycles. The van der Waals surface area contributed by atoms with Crippen molar-refractivity contribution in [2.24, 2.45) is 0 Å². The number of carbonyl (C=O) groups excluding carboxylic acids is 1. The van der Waals surface area contributed by atoms with Crippen molar-refractivity contribution in [2.45, 2.75) is 40.7 Å². The van der Waals surface area contributed by atoms with Crippen LogP contribution in [0.5, 0.6) is 0 Å². The Hall–Kier alpha value is -2.83. The highest BCUT2D eigenvalue weighted by atomic mass is 35.5. The van der Waals surface area contributed by atoms with E-state index in [1.165, 1.54) is 0 Å². The molecular formula is C26H33ClN4O2. The Bertz CT molecular complexity index is 1170. The number of aromatic amines is 1. The number of amides is 2. The SMILES string of the molecule is CCN(CC)CCCN(Cc1cc2cc(C)c(C)cc2[nH]c1=O)C(=O)Nc1ccccc1Cl. The molecule has 3 rings (SSSR count). The molecule has 0 aliphatic heterocycles. The molecule has 1 aromatic heterocycles. The van der Waals surface area contributed by atoms with Gasteiger partial charge < -0.3 is 20.1 Å². The molecule has 0 saturated heterocycles. The number of aryl methyl sites for hydroxylation is 2. The van der Waals surface area contributed by atoms with Crippen LogP contribution in [0.15, 0.2) is 47.3 Å². The second-order valence-electron chi connectivity index (χ2n) is 8.36. The van der Waals surface area contributed by atoms with Gasteiger partial charge in [0.15, 0.2) is 0 Å². The van der Waals surface area contributed by atoms with Crippen LogP contribution in [0.3, 0.4) is 0 Å². The summed E-state index contributed by atoms with van der Waals surface area (Å²) in [6.45, 7) is 11.9. The molecule has 0 aliphatic rings. The minimum absolute atomic E-state index is 0.176. The van der Waals surface area contributed by atoms with E-state index in [0.717, 1.165) is 48.1 Å². The molecule has 6 nitrogen and oxygen atoms in total. The van der Waals surface area contributed by atoms with Crippen molar-refractivity contribution in [3.8, 4) is 0 Å². The van der Waals surface area contributed by atoms with Crippen molar-refractivity contribution in [3.05, 3.63) is 74.5 Å². The molecule has 0 spiro atoms. The Morgan fingerprint density at radius 1 is 1.03 bits per heavy atom. The lowest BCUT2D eigenvalue weighted by molar-refractivity contribution is 0.202.